The number of oxazole rings is 1. The second-order valence-electron chi connectivity index (χ2n) is 7.88. The summed E-state index contributed by atoms with van der Waals surface area (Å²) in [5.41, 5.74) is 4.25. The van der Waals surface area contributed by atoms with E-state index in [1.807, 2.05) is 30.3 Å². The van der Waals surface area contributed by atoms with E-state index in [0.717, 1.165) is 37.6 Å². The van der Waals surface area contributed by atoms with Gasteiger partial charge in [-0.15, -0.1) is 11.8 Å². The first-order chi connectivity index (χ1) is 15.7. The van der Waals surface area contributed by atoms with Crippen molar-refractivity contribution in [3.05, 3.63) is 77.7 Å². The summed E-state index contributed by atoms with van der Waals surface area (Å²) in [6, 6.07) is 18.5. The van der Waals surface area contributed by atoms with Gasteiger partial charge in [0.15, 0.2) is 0 Å². The molecule has 1 fully saturated rings. The summed E-state index contributed by atoms with van der Waals surface area (Å²) in [7, 11) is 0. The molecule has 168 valence electrons. The Bertz CT molecular complexity index is 985. The lowest BCUT2D eigenvalue weighted by Crippen LogP contribution is -2.44. The maximum absolute atomic E-state index is 12.5. The number of aromatic nitrogens is 1. The van der Waals surface area contributed by atoms with E-state index >= 15 is 0 Å². The van der Waals surface area contributed by atoms with Gasteiger partial charge in [-0.2, -0.15) is 0 Å². The normalized spacial score (nSPS) is 15.4. The number of nitrogens with zero attached hydrogens (tertiary/aromatic N) is 2. The number of hydrogen-bond donors (Lipinski definition) is 1. The minimum Gasteiger partial charge on any atom is -0.444 e. The number of amides is 1. The molecule has 0 spiro atoms. The van der Waals surface area contributed by atoms with Crippen molar-refractivity contribution in [2.45, 2.75) is 18.7 Å². The van der Waals surface area contributed by atoms with Gasteiger partial charge in [-0.05, 0) is 24.6 Å². The third kappa shape index (κ3) is 6.22. The Morgan fingerprint density at radius 1 is 1.12 bits per heavy atom. The largest absolute Gasteiger partial charge is 0.444 e. The zero-order valence-corrected chi connectivity index (χ0v) is 19.1. The van der Waals surface area contributed by atoms with Crippen molar-refractivity contribution < 1.29 is 13.9 Å². The first kappa shape index (κ1) is 22.6. The monoisotopic (exact) mass is 451 g/mol. The molecule has 32 heavy (non-hydrogen) atoms. The highest BCUT2D eigenvalue weighted by Gasteiger charge is 2.23. The second-order valence-corrected chi connectivity index (χ2v) is 8.87. The van der Waals surface area contributed by atoms with E-state index in [9.17, 15) is 4.79 Å². The number of ether oxygens (including phenoxy) is 1. The van der Waals surface area contributed by atoms with Crippen LogP contribution in [0, 0.1) is 6.92 Å². The second kappa shape index (κ2) is 11.3. The molecule has 4 rings (SSSR count). The van der Waals surface area contributed by atoms with Gasteiger partial charge in [0.05, 0.1) is 30.7 Å². The zero-order valence-electron chi connectivity index (χ0n) is 18.3. The van der Waals surface area contributed by atoms with E-state index in [0.29, 0.717) is 23.9 Å². The molecule has 2 aromatic carbocycles. The molecule has 0 saturated carbocycles. The average Bonchev–Trinajstić information content (AvgIpc) is 3.31. The third-order valence-electron chi connectivity index (χ3n) is 5.50. The molecule has 0 bridgehead atoms. The van der Waals surface area contributed by atoms with Crippen LogP contribution in [0.3, 0.4) is 0 Å². The van der Waals surface area contributed by atoms with Gasteiger partial charge in [0, 0.05) is 31.0 Å². The van der Waals surface area contributed by atoms with E-state index in [1.54, 1.807) is 6.26 Å². The number of carbonyl (C=O) groups is 1. The van der Waals surface area contributed by atoms with Crippen LogP contribution in [0.25, 0.3) is 11.5 Å². The van der Waals surface area contributed by atoms with E-state index < -0.39 is 0 Å². The standard InChI is InChI=1S/C25H29N3O3S/c1-19-7-9-20(10-8-19)23(28-11-13-30-14-12-28)15-26-24(29)18-32-17-22-16-31-25(27-22)21-5-3-2-4-6-21/h2-10,16,23H,11-15,17-18H2,1H3,(H,26,29). The number of nitrogens with one attached hydrogen (secondary N) is 1. The van der Waals surface area contributed by atoms with Crippen molar-refractivity contribution in [2.75, 3.05) is 38.6 Å². The Kier molecular flexibility index (Phi) is 7.98. The van der Waals surface area contributed by atoms with Crippen molar-refractivity contribution in [1.82, 2.24) is 15.2 Å². The molecule has 2 heterocycles. The summed E-state index contributed by atoms with van der Waals surface area (Å²) in [5.74, 6) is 1.66. The summed E-state index contributed by atoms with van der Waals surface area (Å²) in [4.78, 5) is 19.4. The molecular formula is C25H29N3O3S. The van der Waals surface area contributed by atoms with Gasteiger partial charge in [0.1, 0.15) is 6.26 Å². The molecule has 0 aliphatic carbocycles. The maximum Gasteiger partial charge on any atom is 0.230 e. The first-order valence-corrected chi connectivity index (χ1v) is 12.1. The molecule has 1 N–H and O–H groups in total. The number of morpholine rings is 1. The molecule has 1 aromatic heterocycles. The summed E-state index contributed by atoms with van der Waals surface area (Å²) in [5, 5.41) is 3.12. The molecule has 6 nitrogen and oxygen atoms in total. The first-order valence-electron chi connectivity index (χ1n) is 10.9. The van der Waals surface area contributed by atoms with Gasteiger partial charge >= 0.3 is 0 Å². The summed E-state index contributed by atoms with van der Waals surface area (Å²) in [6.45, 7) is 5.89. The molecule has 1 saturated heterocycles. The molecule has 1 atom stereocenters. The van der Waals surface area contributed by atoms with Crippen LogP contribution in [0.5, 0.6) is 0 Å². The molecule has 7 heteroatoms. The topological polar surface area (TPSA) is 67.6 Å². The lowest BCUT2D eigenvalue weighted by Gasteiger charge is -2.35. The van der Waals surface area contributed by atoms with Crippen molar-refractivity contribution >= 4 is 17.7 Å². The fourth-order valence-corrected chi connectivity index (χ4v) is 4.46. The highest BCUT2D eigenvalue weighted by molar-refractivity contribution is 7.99. The van der Waals surface area contributed by atoms with Crippen LogP contribution in [-0.2, 0) is 15.3 Å². The van der Waals surface area contributed by atoms with Gasteiger partial charge in [-0.1, -0.05) is 48.0 Å². The average molecular weight is 452 g/mol. The molecular weight excluding hydrogens is 422 g/mol. The van der Waals surface area contributed by atoms with Crippen LogP contribution in [0.2, 0.25) is 0 Å². The van der Waals surface area contributed by atoms with E-state index in [2.05, 4.69) is 46.4 Å². The Morgan fingerprint density at radius 3 is 2.62 bits per heavy atom. The lowest BCUT2D eigenvalue weighted by atomic mass is 10.0. The molecule has 3 aromatic rings. The summed E-state index contributed by atoms with van der Waals surface area (Å²) >= 11 is 1.54. The van der Waals surface area contributed by atoms with Crippen LogP contribution >= 0.6 is 11.8 Å². The van der Waals surface area contributed by atoms with E-state index in [4.69, 9.17) is 9.15 Å². The van der Waals surface area contributed by atoms with Crippen molar-refractivity contribution in [2.24, 2.45) is 0 Å². The number of hydrogen-bond acceptors (Lipinski definition) is 6. The van der Waals surface area contributed by atoms with Crippen LogP contribution in [-0.4, -0.2) is 54.4 Å². The molecule has 1 aliphatic rings. The Hall–Kier alpha value is -2.61. The molecule has 0 radical (unpaired) electrons. The zero-order chi connectivity index (χ0) is 22.2. The highest BCUT2D eigenvalue weighted by atomic mass is 32.2. The van der Waals surface area contributed by atoms with Crippen LogP contribution in [0.4, 0.5) is 0 Å². The SMILES string of the molecule is Cc1ccc(C(CNC(=O)CSCc2coc(-c3ccccc3)n2)N2CCOCC2)cc1. The Balaban J connectivity index is 1.27. The van der Waals surface area contributed by atoms with E-state index in [-0.39, 0.29) is 11.9 Å². The third-order valence-corrected chi connectivity index (χ3v) is 6.46. The van der Waals surface area contributed by atoms with Gasteiger partial charge < -0.3 is 14.5 Å². The van der Waals surface area contributed by atoms with Crippen LogP contribution in [0.1, 0.15) is 22.9 Å². The predicted molar refractivity (Wildman–Crippen MR) is 127 cm³/mol. The van der Waals surface area contributed by atoms with Crippen molar-refractivity contribution in [1.29, 1.82) is 0 Å². The van der Waals surface area contributed by atoms with Gasteiger partial charge in [0.25, 0.3) is 0 Å². The smallest absolute Gasteiger partial charge is 0.230 e. The quantitative estimate of drug-likeness (QED) is 0.529. The Labute approximate surface area is 193 Å². The van der Waals surface area contributed by atoms with Crippen LogP contribution < -0.4 is 5.32 Å². The van der Waals surface area contributed by atoms with Crippen LogP contribution in [0.15, 0.2) is 65.3 Å². The maximum atomic E-state index is 12.5. The minimum atomic E-state index is 0.0344. The van der Waals surface area contributed by atoms with Crippen molar-refractivity contribution in [3.63, 3.8) is 0 Å². The number of rotatable bonds is 9. The van der Waals surface area contributed by atoms with Gasteiger partial charge in [0.2, 0.25) is 11.8 Å². The fraction of sp³-hybridized carbons (Fsp3) is 0.360. The lowest BCUT2D eigenvalue weighted by molar-refractivity contribution is -0.118. The number of thioether (sulfide) groups is 1. The predicted octanol–water partition coefficient (Wildman–Crippen LogP) is 4.07. The highest BCUT2D eigenvalue weighted by Crippen LogP contribution is 2.23. The summed E-state index contributed by atoms with van der Waals surface area (Å²) in [6.07, 6.45) is 1.67. The number of benzene rings is 2. The summed E-state index contributed by atoms with van der Waals surface area (Å²) < 4.78 is 11.1. The minimum absolute atomic E-state index is 0.0344. The number of carbonyl (C=O) groups excluding carboxylic acids is 1. The molecule has 1 aliphatic heterocycles. The number of aryl methyl sites for hydroxylation is 1. The molecule has 1 unspecified atom stereocenters. The molecule has 1 amide bonds. The fourth-order valence-electron chi connectivity index (χ4n) is 3.73. The van der Waals surface area contributed by atoms with Gasteiger partial charge in [-0.3, -0.25) is 9.69 Å². The van der Waals surface area contributed by atoms with Gasteiger partial charge in [-0.25, -0.2) is 4.98 Å². The Morgan fingerprint density at radius 2 is 1.88 bits per heavy atom. The van der Waals surface area contributed by atoms with E-state index in [1.165, 1.54) is 22.9 Å². The van der Waals surface area contributed by atoms with Crippen molar-refractivity contribution in [3.8, 4) is 11.5 Å².